The zero-order chi connectivity index (χ0) is 12.5. The molecule has 0 spiro atoms. The summed E-state index contributed by atoms with van der Waals surface area (Å²) >= 11 is 0. The molecule has 0 aliphatic rings. The van der Waals surface area contributed by atoms with Crippen LogP contribution in [0.2, 0.25) is 0 Å². The van der Waals surface area contributed by atoms with Gasteiger partial charge in [-0.3, -0.25) is 0 Å². The van der Waals surface area contributed by atoms with Crippen LogP contribution in [0.1, 0.15) is 13.8 Å². The minimum Gasteiger partial charge on any atom is -0.478 e. The first kappa shape index (κ1) is 11.3. The quantitative estimate of drug-likeness (QED) is 0.818. The lowest BCUT2D eigenvalue weighted by Gasteiger charge is -2.23. The van der Waals surface area contributed by atoms with Crippen LogP contribution >= 0.6 is 0 Å². The smallest absolute Gasteiger partial charge is 0.328 e. The number of imidazole rings is 1. The van der Waals surface area contributed by atoms with Gasteiger partial charge in [-0.2, -0.15) is 0 Å². The average molecular weight is 231 g/mol. The number of rotatable bonds is 3. The molecule has 0 saturated carbocycles. The van der Waals surface area contributed by atoms with Gasteiger partial charge in [-0.15, -0.1) is 0 Å². The average Bonchev–Trinajstić information content (AvgIpc) is 2.71. The van der Waals surface area contributed by atoms with E-state index in [-0.39, 0.29) is 0 Å². The normalized spacial score (nSPS) is 12.4. The molecule has 5 heteroatoms. The van der Waals surface area contributed by atoms with Crippen LogP contribution in [-0.4, -0.2) is 25.6 Å². The highest BCUT2D eigenvalue weighted by Gasteiger charge is 2.19. The van der Waals surface area contributed by atoms with Crippen LogP contribution in [-0.2, 0) is 10.3 Å². The van der Waals surface area contributed by atoms with Gasteiger partial charge in [-0.25, -0.2) is 14.8 Å². The van der Waals surface area contributed by atoms with Gasteiger partial charge in [0.05, 0.1) is 17.4 Å². The monoisotopic (exact) mass is 231 g/mol. The van der Waals surface area contributed by atoms with Crippen LogP contribution in [0.15, 0.2) is 36.8 Å². The first-order chi connectivity index (χ1) is 8.00. The van der Waals surface area contributed by atoms with Gasteiger partial charge in [-0.05, 0) is 26.0 Å². The first-order valence-corrected chi connectivity index (χ1v) is 5.21. The number of carboxylic acids is 1. The number of pyridine rings is 1. The molecular formula is C12H13N3O2. The van der Waals surface area contributed by atoms with E-state index in [1.54, 1.807) is 18.6 Å². The number of carboxylic acid groups (broad SMARTS) is 1. The second kappa shape index (κ2) is 4.01. The number of fused-ring (bicyclic) bond motifs is 1. The van der Waals surface area contributed by atoms with E-state index in [1.165, 1.54) is 0 Å². The molecule has 17 heavy (non-hydrogen) atoms. The Morgan fingerprint density at radius 3 is 2.94 bits per heavy atom. The third-order valence-electron chi connectivity index (χ3n) is 2.58. The van der Waals surface area contributed by atoms with Crippen molar-refractivity contribution in [2.24, 2.45) is 0 Å². The van der Waals surface area contributed by atoms with Crippen molar-refractivity contribution < 1.29 is 9.90 Å². The van der Waals surface area contributed by atoms with Gasteiger partial charge in [0, 0.05) is 12.3 Å². The van der Waals surface area contributed by atoms with Crippen molar-refractivity contribution in [1.29, 1.82) is 0 Å². The summed E-state index contributed by atoms with van der Waals surface area (Å²) in [5.74, 6) is -0.958. The molecule has 0 aliphatic carbocycles. The molecule has 0 fully saturated rings. The maximum Gasteiger partial charge on any atom is 0.328 e. The SMILES string of the molecule is CC(C)(/C=C/C(=O)O)n1cnc2ncccc21. The minimum atomic E-state index is -0.958. The maximum atomic E-state index is 10.6. The molecule has 2 aromatic rings. The van der Waals surface area contributed by atoms with Crippen molar-refractivity contribution in [3.63, 3.8) is 0 Å². The van der Waals surface area contributed by atoms with Crippen LogP contribution < -0.4 is 0 Å². The Morgan fingerprint density at radius 1 is 1.47 bits per heavy atom. The second-order valence-electron chi connectivity index (χ2n) is 4.29. The van der Waals surface area contributed by atoms with E-state index in [1.807, 2.05) is 30.5 Å². The van der Waals surface area contributed by atoms with Crippen LogP contribution in [0, 0.1) is 0 Å². The highest BCUT2D eigenvalue weighted by molar-refractivity contribution is 5.80. The zero-order valence-electron chi connectivity index (χ0n) is 9.66. The van der Waals surface area contributed by atoms with Gasteiger partial charge >= 0.3 is 5.97 Å². The fourth-order valence-electron chi connectivity index (χ4n) is 1.67. The Balaban J connectivity index is 2.48. The van der Waals surface area contributed by atoms with Crippen molar-refractivity contribution in [3.05, 3.63) is 36.8 Å². The summed E-state index contributed by atoms with van der Waals surface area (Å²) in [5, 5.41) is 8.66. The van der Waals surface area contributed by atoms with Crippen molar-refractivity contribution in [1.82, 2.24) is 14.5 Å². The van der Waals surface area contributed by atoms with Gasteiger partial charge in [0.2, 0.25) is 0 Å². The molecule has 5 nitrogen and oxygen atoms in total. The predicted molar refractivity (Wildman–Crippen MR) is 63.6 cm³/mol. The van der Waals surface area contributed by atoms with Crippen molar-refractivity contribution >= 4 is 17.1 Å². The van der Waals surface area contributed by atoms with E-state index in [0.29, 0.717) is 5.65 Å². The molecule has 0 atom stereocenters. The molecule has 0 amide bonds. The summed E-state index contributed by atoms with van der Waals surface area (Å²) in [7, 11) is 0. The van der Waals surface area contributed by atoms with Gasteiger partial charge in [-0.1, -0.05) is 6.08 Å². The van der Waals surface area contributed by atoms with Gasteiger partial charge in [0.1, 0.15) is 0 Å². The van der Waals surface area contributed by atoms with E-state index in [9.17, 15) is 4.79 Å². The molecule has 2 rings (SSSR count). The molecule has 0 saturated heterocycles. The van der Waals surface area contributed by atoms with Gasteiger partial charge in [0.15, 0.2) is 5.65 Å². The third kappa shape index (κ3) is 2.18. The fourth-order valence-corrected chi connectivity index (χ4v) is 1.67. The number of aliphatic carboxylic acids is 1. The zero-order valence-corrected chi connectivity index (χ0v) is 9.66. The molecular weight excluding hydrogens is 218 g/mol. The summed E-state index contributed by atoms with van der Waals surface area (Å²) in [5.41, 5.74) is 1.08. The number of hydrogen-bond donors (Lipinski definition) is 1. The Hall–Kier alpha value is -2.17. The summed E-state index contributed by atoms with van der Waals surface area (Å²) in [6.07, 6.45) is 6.12. The standard InChI is InChI=1S/C12H13N3O2/c1-12(2,6-5-10(16)17)15-8-14-11-9(15)4-3-7-13-11/h3-8H,1-2H3,(H,16,17)/b6-5+. The first-order valence-electron chi connectivity index (χ1n) is 5.21. The van der Waals surface area contributed by atoms with Crippen molar-refractivity contribution in [2.45, 2.75) is 19.4 Å². The Morgan fingerprint density at radius 2 is 2.24 bits per heavy atom. The Kier molecular flexibility index (Phi) is 2.67. The van der Waals surface area contributed by atoms with Gasteiger partial charge < -0.3 is 9.67 Å². The number of aromatic nitrogens is 3. The lowest BCUT2D eigenvalue weighted by Crippen LogP contribution is -2.23. The molecule has 0 radical (unpaired) electrons. The summed E-state index contributed by atoms with van der Waals surface area (Å²) in [4.78, 5) is 18.9. The lowest BCUT2D eigenvalue weighted by molar-refractivity contribution is -0.131. The molecule has 0 bridgehead atoms. The highest BCUT2D eigenvalue weighted by Crippen LogP contribution is 2.22. The van der Waals surface area contributed by atoms with Crippen LogP contribution in [0.25, 0.3) is 11.2 Å². The fraction of sp³-hybridized carbons (Fsp3) is 0.250. The van der Waals surface area contributed by atoms with Crippen molar-refractivity contribution in [3.8, 4) is 0 Å². The molecule has 0 aliphatic heterocycles. The van der Waals surface area contributed by atoms with Crippen LogP contribution in [0.4, 0.5) is 0 Å². The molecule has 1 N–H and O–H groups in total. The number of hydrogen-bond acceptors (Lipinski definition) is 3. The van der Waals surface area contributed by atoms with Gasteiger partial charge in [0.25, 0.3) is 0 Å². The summed E-state index contributed by atoms with van der Waals surface area (Å²) in [6, 6.07) is 3.74. The number of nitrogens with zero attached hydrogens (tertiary/aromatic N) is 3. The maximum absolute atomic E-state index is 10.6. The minimum absolute atomic E-state index is 0.462. The Bertz CT molecular complexity index is 584. The highest BCUT2D eigenvalue weighted by atomic mass is 16.4. The van der Waals surface area contributed by atoms with E-state index >= 15 is 0 Å². The molecule has 88 valence electrons. The summed E-state index contributed by atoms with van der Waals surface area (Å²) < 4.78 is 1.90. The van der Waals surface area contributed by atoms with E-state index in [2.05, 4.69) is 9.97 Å². The molecule has 2 aromatic heterocycles. The molecule has 2 heterocycles. The van der Waals surface area contributed by atoms with E-state index in [0.717, 1.165) is 11.6 Å². The number of carbonyl (C=O) groups is 1. The second-order valence-corrected chi connectivity index (χ2v) is 4.29. The van der Waals surface area contributed by atoms with E-state index in [4.69, 9.17) is 5.11 Å². The third-order valence-corrected chi connectivity index (χ3v) is 2.58. The predicted octanol–water partition coefficient (Wildman–Crippen LogP) is 1.81. The lowest BCUT2D eigenvalue weighted by atomic mass is 10.0. The van der Waals surface area contributed by atoms with E-state index < -0.39 is 11.5 Å². The number of allylic oxidation sites excluding steroid dienone is 1. The Labute approximate surface area is 98.4 Å². The van der Waals surface area contributed by atoms with Crippen molar-refractivity contribution in [2.75, 3.05) is 0 Å². The largest absolute Gasteiger partial charge is 0.478 e. The summed E-state index contributed by atoms with van der Waals surface area (Å²) in [6.45, 7) is 3.83. The van der Waals surface area contributed by atoms with Crippen LogP contribution in [0.3, 0.4) is 0 Å². The van der Waals surface area contributed by atoms with Crippen LogP contribution in [0.5, 0.6) is 0 Å². The topological polar surface area (TPSA) is 68.0 Å². The molecule has 0 aromatic carbocycles. The molecule has 0 unspecified atom stereocenters.